The Kier molecular flexibility index (Phi) is 4.45. The van der Waals surface area contributed by atoms with Crippen molar-refractivity contribution in [3.05, 3.63) is 35.1 Å². The van der Waals surface area contributed by atoms with Gasteiger partial charge in [-0.1, -0.05) is 17.7 Å². The average Bonchev–Trinajstić information content (AvgIpc) is 2.22. The first kappa shape index (κ1) is 13.9. The van der Waals surface area contributed by atoms with Gasteiger partial charge in [-0.3, -0.25) is 0 Å². The molecule has 0 aliphatic rings. The summed E-state index contributed by atoms with van der Waals surface area (Å²) in [6, 6.07) is 4.22. The van der Waals surface area contributed by atoms with Crippen molar-refractivity contribution < 1.29 is 22.0 Å². The molecule has 0 spiro atoms. The molecule has 1 nitrogen and oxygen atoms in total. The summed E-state index contributed by atoms with van der Waals surface area (Å²) >= 11 is 0. The van der Waals surface area contributed by atoms with Crippen molar-refractivity contribution in [2.75, 3.05) is 6.54 Å². The molecule has 1 rings (SSSR count). The molecule has 1 N–H and O–H groups in total. The molecular formula is C11H12F5N. The summed E-state index contributed by atoms with van der Waals surface area (Å²) in [6.07, 6.45) is -3.72. The SMILES string of the molecule is Cc1ccc(F)c(CNCC(F)(F)C(F)F)c1. The van der Waals surface area contributed by atoms with Gasteiger partial charge in [0.2, 0.25) is 0 Å². The molecule has 17 heavy (non-hydrogen) atoms. The second-order valence-corrected chi connectivity index (χ2v) is 3.76. The summed E-state index contributed by atoms with van der Waals surface area (Å²) in [5, 5.41) is 2.12. The van der Waals surface area contributed by atoms with Gasteiger partial charge in [-0.2, -0.15) is 8.78 Å². The van der Waals surface area contributed by atoms with Crippen LogP contribution in [0.3, 0.4) is 0 Å². The zero-order valence-corrected chi connectivity index (χ0v) is 9.11. The third-order valence-electron chi connectivity index (χ3n) is 2.20. The van der Waals surface area contributed by atoms with Gasteiger partial charge in [0.25, 0.3) is 0 Å². The lowest BCUT2D eigenvalue weighted by Crippen LogP contribution is -2.38. The van der Waals surface area contributed by atoms with E-state index in [-0.39, 0.29) is 12.1 Å². The zero-order valence-electron chi connectivity index (χ0n) is 9.11. The smallest absolute Gasteiger partial charge is 0.307 e. The standard InChI is InChI=1S/C11H12F5N/c1-7-2-3-9(12)8(4-7)5-17-6-11(15,16)10(13)14/h2-4,10,17H,5-6H2,1H3. The van der Waals surface area contributed by atoms with Crippen LogP contribution in [0.15, 0.2) is 18.2 Å². The van der Waals surface area contributed by atoms with Gasteiger partial charge in [-0.25, -0.2) is 13.2 Å². The summed E-state index contributed by atoms with van der Waals surface area (Å²) in [5.41, 5.74) is 0.943. The second-order valence-electron chi connectivity index (χ2n) is 3.76. The Hall–Kier alpha value is -1.17. The number of aryl methyl sites for hydroxylation is 1. The van der Waals surface area contributed by atoms with E-state index in [1.165, 1.54) is 18.2 Å². The summed E-state index contributed by atoms with van der Waals surface area (Å²) in [6.45, 7) is 0.324. The molecule has 0 heterocycles. The Morgan fingerprint density at radius 1 is 1.29 bits per heavy atom. The normalized spacial score (nSPS) is 12.2. The Labute approximate surface area is 95.6 Å². The molecule has 0 fully saturated rings. The number of halogens is 5. The summed E-state index contributed by atoms with van der Waals surface area (Å²) in [4.78, 5) is 0. The largest absolute Gasteiger partial charge is 0.319 e. The van der Waals surface area contributed by atoms with Crippen LogP contribution in [0.4, 0.5) is 22.0 Å². The predicted octanol–water partition coefficient (Wildman–Crippen LogP) is 3.12. The van der Waals surface area contributed by atoms with Gasteiger partial charge in [0.05, 0.1) is 6.54 Å². The molecule has 0 radical (unpaired) electrons. The maximum absolute atomic E-state index is 13.2. The lowest BCUT2D eigenvalue weighted by Gasteiger charge is -2.16. The average molecular weight is 253 g/mol. The van der Waals surface area contributed by atoms with Crippen molar-refractivity contribution in [2.45, 2.75) is 25.8 Å². The molecule has 0 bridgehead atoms. The molecule has 0 saturated heterocycles. The monoisotopic (exact) mass is 253 g/mol. The first-order chi connectivity index (χ1) is 7.83. The number of alkyl halides is 4. The van der Waals surface area contributed by atoms with E-state index in [1.807, 2.05) is 0 Å². The molecule has 96 valence electrons. The Morgan fingerprint density at radius 3 is 2.53 bits per heavy atom. The summed E-state index contributed by atoms with van der Waals surface area (Å²) in [5.74, 6) is -4.65. The fourth-order valence-electron chi connectivity index (χ4n) is 1.28. The van der Waals surface area contributed by atoms with E-state index in [4.69, 9.17) is 0 Å². The Morgan fingerprint density at radius 2 is 1.94 bits per heavy atom. The highest BCUT2D eigenvalue weighted by Crippen LogP contribution is 2.21. The molecular weight excluding hydrogens is 241 g/mol. The molecule has 1 aromatic rings. The number of hydrogen-bond acceptors (Lipinski definition) is 1. The van der Waals surface area contributed by atoms with E-state index in [9.17, 15) is 22.0 Å². The van der Waals surface area contributed by atoms with Crippen LogP contribution in [0, 0.1) is 12.7 Å². The summed E-state index contributed by atoms with van der Waals surface area (Å²) in [7, 11) is 0. The number of hydrogen-bond donors (Lipinski definition) is 1. The molecule has 6 heteroatoms. The molecule has 0 saturated carbocycles. The van der Waals surface area contributed by atoms with Crippen LogP contribution < -0.4 is 5.32 Å². The van der Waals surface area contributed by atoms with Crippen LogP contribution in [0.2, 0.25) is 0 Å². The molecule has 0 amide bonds. The minimum Gasteiger partial charge on any atom is -0.307 e. The van der Waals surface area contributed by atoms with E-state index in [2.05, 4.69) is 5.32 Å². The van der Waals surface area contributed by atoms with Gasteiger partial charge >= 0.3 is 12.3 Å². The Balaban J connectivity index is 2.54. The fourth-order valence-corrected chi connectivity index (χ4v) is 1.28. The van der Waals surface area contributed by atoms with E-state index >= 15 is 0 Å². The number of rotatable bonds is 5. The highest BCUT2D eigenvalue weighted by atomic mass is 19.3. The highest BCUT2D eigenvalue weighted by molar-refractivity contribution is 5.23. The fraction of sp³-hybridized carbons (Fsp3) is 0.455. The molecule has 0 unspecified atom stereocenters. The highest BCUT2D eigenvalue weighted by Gasteiger charge is 2.39. The predicted molar refractivity (Wildman–Crippen MR) is 53.8 cm³/mol. The van der Waals surface area contributed by atoms with Crippen LogP contribution in [-0.2, 0) is 6.54 Å². The summed E-state index contributed by atoms with van der Waals surface area (Å²) < 4.78 is 61.9. The van der Waals surface area contributed by atoms with Crippen molar-refractivity contribution in [3.63, 3.8) is 0 Å². The maximum Gasteiger partial charge on any atom is 0.319 e. The van der Waals surface area contributed by atoms with E-state index in [0.29, 0.717) is 0 Å². The van der Waals surface area contributed by atoms with Crippen molar-refractivity contribution in [3.8, 4) is 0 Å². The van der Waals surface area contributed by atoms with Gasteiger partial charge in [-0.15, -0.1) is 0 Å². The topological polar surface area (TPSA) is 12.0 Å². The minimum absolute atomic E-state index is 0.176. The quantitative estimate of drug-likeness (QED) is 0.795. The molecule has 0 aromatic heterocycles. The van der Waals surface area contributed by atoms with E-state index in [0.717, 1.165) is 5.56 Å². The van der Waals surface area contributed by atoms with Gasteiger partial charge in [0.15, 0.2) is 0 Å². The third-order valence-corrected chi connectivity index (χ3v) is 2.20. The second kappa shape index (κ2) is 5.44. The molecule has 1 aromatic carbocycles. The van der Waals surface area contributed by atoms with Crippen molar-refractivity contribution in [1.29, 1.82) is 0 Å². The van der Waals surface area contributed by atoms with Crippen molar-refractivity contribution >= 4 is 0 Å². The van der Waals surface area contributed by atoms with Gasteiger partial charge in [0.1, 0.15) is 5.82 Å². The van der Waals surface area contributed by atoms with E-state index in [1.54, 1.807) is 6.92 Å². The molecule has 0 aliphatic heterocycles. The van der Waals surface area contributed by atoms with Gasteiger partial charge < -0.3 is 5.32 Å². The van der Waals surface area contributed by atoms with Crippen LogP contribution in [0.25, 0.3) is 0 Å². The van der Waals surface area contributed by atoms with Crippen LogP contribution in [0.1, 0.15) is 11.1 Å². The first-order valence-corrected chi connectivity index (χ1v) is 4.94. The van der Waals surface area contributed by atoms with Crippen LogP contribution >= 0.6 is 0 Å². The van der Waals surface area contributed by atoms with Crippen molar-refractivity contribution in [1.82, 2.24) is 5.32 Å². The van der Waals surface area contributed by atoms with Crippen molar-refractivity contribution in [2.24, 2.45) is 0 Å². The third kappa shape index (κ3) is 3.96. The number of nitrogens with one attached hydrogen (secondary N) is 1. The van der Waals surface area contributed by atoms with E-state index < -0.39 is 24.7 Å². The molecule has 0 aliphatic carbocycles. The van der Waals surface area contributed by atoms with Gasteiger partial charge in [-0.05, 0) is 13.0 Å². The first-order valence-electron chi connectivity index (χ1n) is 4.94. The number of benzene rings is 1. The lowest BCUT2D eigenvalue weighted by atomic mass is 10.1. The zero-order chi connectivity index (χ0) is 13.1. The minimum atomic E-state index is -4.10. The maximum atomic E-state index is 13.2. The Bertz CT molecular complexity index is 378. The molecule has 0 atom stereocenters. The lowest BCUT2D eigenvalue weighted by molar-refractivity contribution is -0.125. The van der Waals surface area contributed by atoms with Crippen LogP contribution in [0.5, 0.6) is 0 Å². The van der Waals surface area contributed by atoms with Gasteiger partial charge in [0, 0.05) is 12.1 Å². The van der Waals surface area contributed by atoms with Crippen LogP contribution in [-0.4, -0.2) is 18.9 Å².